The van der Waals surface area contributed by atoms with Gasteiger partial charge in [0.15, 0.2) is 11.3 Å². The van der Waals surface area contributed by atoms with E-state index in [-0.39, 0.29) is 49.7 Å². The molecule has 0 bridgehead atoms. The number of pyridine rings is 2. The van der Waals surface area contributed by atoms with Gasteiger partial charge in [0.1, 0.15) is 24.3 Å². The van der Waals surface area contributed by atoms with Crippen molar-refractivity contribution in [1.82, 2.24) is 59.8 Å². The maximum absolute atomic E-state index is 14.5. The summed E-state index contributed by atoms with van der Waals surface area (Å²) in [4.78, 5) is 52.7. The van der Waals surface area contributed by atoms with Crippen LogP contribution < -0.4 is 20.9 Å². The Kier molecular flexibility index (Phi) is 11.6. The molecule has 342 valence electrons. The molecule has 1 saturated heterocycles. The summed E-state index contributed by atoms with van der Waals surface area (Å²) in [6, 6.07) is 10.8. The van der Waals surface area contributed by atoms with Crippen molar-refractivity contribution in [2.45, 2.75) is 83.6 Å². The van der Waals surface area contributed by atoms with Crippen LogP contribution in [-0.4, -0.2) is 86.3 Å². The van der Waals surface area contributed by atoms with Crippen molar-refractivity contribution in [3.63, 3.8) is 0 Å². The monoisotopic (exact) mass is 936 g/mol. The zero-order chi connectivity index (χ0) is 45.7. The van der Waals surface area contributed by atoms with E-state index in [1.54, 1.807) is 41.1 Å². The second kappa shape index (κ2) is 17.6. The molecule has 66 heavy (non-hydrogen) atoms. The van der Waals surface area contributed by atoms with Crippen LogP contribution in [0.2, 0.25) is 0 Å². The van der Waals surface area contributed by atoms with Gasteiger partial charge in [-0.25, -0.2) is 19.9 Å². The fourth-order valence-electron chi connectivity index (χ4n) is 9.31. The summed E-state index contributed by atoms with van der Waals surface area (Å²) in [6.07, 6.45) is 8.67. The number of anilines is 2. The molecule has 0 aromatic carbocycles. The van der Waals surface area contributed by atoms with E-state index in [1.807, 2.05) is 58.1 Å². The molecule has 1 aliphatic heterocycles. The highest BCUT2D eigenvalue weighted by Gasteiger charge is 2.41. The Morgan fingerprint density at radius 1 is 0.788 bits per heavy atom. The highest BCUT2D eigenvalue weighted by Crippen LogP contribution is 2.40. The summed E-state index contributed by atoms with van der Waals surface area (Å²) < 4.78 is 44.9. The van der Waals surface area contributed by atoms with Gasteiger partial charge < -0.3 is 20.9 Å². The number of nitrogens with one attached hydrogen (secondary N) is 5. The van der Waals surface area contributed by atoms with Crippen molar-refractivity contribution in [3.05, 3.63) is 106 Å². The molecule has 2 amide bonds. The van der Waals surface area contributed by atoms with Crippen molar-refractivity contribution in [1.29, 1.82) is 0 Å². The Hall–Kier alpha value is -6.61. The van der Waals surface area contributed by atoms with Crippen LogP contribution in [0, 0.1) is 25.7 Å². The van der Waals surface area contributed by atoms with Crippen LogP contribution >= 0.6 is 22.7 Å². The van der Waals surface area contributed by atoms with Crippen molar-refractivity contribution >= 4 is 57.2 Å². The van der Waals surface area contributed by atoms with E-state index in [1.165, 1.54) is 12.7 Å². The Labute approximate surface area is 384 Å². The molecule has 2 aliphatic rings. The number of hydrogen-bond acceptors (Lipinski definition) is 12. The van der Waals surface area contributed by atoms with Gasteiger partial charge in [0.25, 0.3) is 11.8 Å². The van der Waals surface area contributed by atoms with E-state index in [2.05, 4.69) is 65.4 Å². The maximum atomic E-state index is 14.5. The fraction of sp³-hybridized carbons (Fsp3) is 0.378. The number of nitrogens with zero attached hydrogens (tertiary/aromatic N) is 9. The average molecular weight is 937 g/mol. The minimum Gasteiger partial charge on any atom is -0.379 e. The first-order valence-electron chi connectivity index (χ1n) is 21.9. The number of fused-ring (bicyclic) bond motifs is 2. The molecule has 2 unspecified atom stereocenters. The number of alkyl halides is 3. The van der Waals surface area contributed by atoms with Gasteiger partial charge in [0.2, 0.25) is 0 Å². The van der Waals surface area contributed by atoms with Gasteiger partial charge in [0.05, 0.1) is 74.0 Å². The van der Waals surface area contributed by atoms with E-state index in [0.29, 0.717) is 46.2 Å². The molecule has 10 rings (SSSR count). The molecule has 16 nitrogen and oxygen atoms in total. The zero-order valence-corrected chi connectivity index (χ0v) is 37.9. The number of H-pyrrole nitrogens is 2. The predicted molar refractivity (Wildman–Crippen MR) is 246 cm³/mol. The van der Waals surface area contributed by atoms with E-state index in [4.69, 9.17) is 9.97 Å². The number of amides is 2. The smallest absolute Gasteiger partial charge is 0.379 e. The lowest BCUT2D eigenvalue weighted by Gasteiger charge is -2.34. The van der Waals surface area contributed by atoms with Gasteiger partial charge in [-0.15, -0.1) is 22.7 Å². The van der Waals surface area contributed by atoms with Gasteiger partial charge in [-0.1, -0.05) is 0 Å². The lowest BCUT2D eigenvalue weighted by atomic mass is 9.96. The zero-order valence-electron chi connectivity index (χ0n) is 36.3. The lowest BCUT2D eigenvalue weighted by molar-refractivity contribution is -0.179. The van der Waals surface area contributed by atoms with Crippen LogP contribution in [-0.2, 0) is 0 Å². The lowest BCUT2D eigenvalue weighted by Crippen LogP contribution is -2.39. The standard InChI is InChI=1S/C45H47F3N14O2S2/c1-24-4-8-37(65-24)35-18-49-41-33(16-28(20-61(35)41)43(63)55-26(3)39-51-22-53-58-39)56-31-7-6-27(14-31)15-32(40-52-23-54-59-40)57-44(64)29-17-34(60-12-10-30(11-13-60)45(46,47)48)42-50-19-36(62(42)21-29)38-9-5-25(2)66-38/h4-5,8-9,16-23,26-27,30-32,56H,6-7,10-15H2,1-3H3,(H,55,63)(H,57,64)(H,51,53,58)(H,52,54,59)/t26-,27?,31?,32-/m0/s1. The molecule has 1 saturated carbocycles. The van der Waals surface area contributed by atoms with Crippen LogP contribution in [0.4, 0.5) is 24.5 Å². The van der Waals surface area contributed by atoms with Crippen molar-refractivity contribution in [2.24, 2.45) is 11.8 Å². The van der Waals surface area contributed by atoms with Gasteiger partial charge in [-0.05, 0) is 102 Å². The number of carbonyl (C=O) groups excluding carboxylic acids is 2. The first-order valence-corrected chi connectivity index (χ1v) is 23.5. The highest BCUT2D eigenvalue weighted by molar-refractivity contribution is 7.15. The largest absolute Gasteiger partial charge is 0.391 e. The molecule has 2 fully saturated rings. The Morgan fingerprint density at radius 3 is 2.00 bits per heavy atom. The summed E-state index contributed by atoms with van der Waals surface area (Å²) in [6.45, 7) is 6.28. The minimum absolute atomic E-state index is 0.0347. The SMILES string of the molecule is Cc1ccc(-c2cnc3c(NC4CCC(C[C@H](NC(=O)c5cc(N6CCC(C(F)(F)F)CC6)c6ncc(-c7ccc(C)s7)n6c5)c5ncn[nH]5)C4)cc(C(=O)N[C@@H](C)c4ncn[nH]4)cn23)s1. The minimum atomic E-state index is -4.26. The summed E-state index contributed by atoms with van der Waals surface area (Å²) in [5.74, 6) is -0.771. The quantitative estimate of drug-likeness (QED) is 0.0748. The van der Waals surface area contributed by atoms with Crippen LogP contribution in [0.15, 0.2) is 73.8 Å². The van der Waals surface area contributed by atoms with Crippen molar-refractivity contribution < 1.29 is 22.8 Å². The van der Waals surface area contributed by atoms with Gasteiger partial charge in [0, 0.05) is 41.3 Å². The van der Waals surface area contributed by atoms with Crippen LogP contribution in [0.3, 0.4) is 0 Å². The van der Waals surface area contributed by atoms with Gasteiger partial charge in [-0.2, -0.15) is 23.4 Å². The number of carbonyl (C=O) groups is 2. The second-order valence-electron chi connectivity index (χ2n) is 17.3. The number of hydrogen-bond donors (Lipinski definition) is 5. The molecular formula is C45H47F3N14O2S2. The molecule has 8 aromatic rings. The number of rotatable bonds is 13. The normalized spacial score (nSPS) is 18.0. The number of piperidine rings is 1. The van der Waals surface area contributed by atoms with E-state index in [0.717, 1.165) is 55.8 Å². The predicted octanol–water partition coefficient (Wildman–Crippen LogP) is 8.70. The fourth-order valence-corrected chi connectivity index (χ4v) is 11.1. The molecule has 21 heteroatoms. The highest BCUT2D eigenvalue weighted by atomic mass is 32.1. The molecule has 1 aliphatic carbocycles. The number of thiophene rings is 2. The van der Waals surface area contributed by atoms with E-state index in [9.17, 15) is 22.8 Å². The third kappa shape index (κ3) is 8.75. The Balaban J connectivity index is 0.895. The first-order chi connectivity index (χ1) is 31.8. The maximum Gasteiger partial charge on any atom is 0.391 e. The van der Waals surface area contributed by atoms with Crippen LogP contribution in [0.25, 0.3) is 32.4 Å². The van der Waals surface area contributed by atoms with E-state index >= 15 is 0 Å². The first kappa shape index (κ1) is 43.3. The summed E-state index contributed by atoms with van der Waals surface area (Å²) in [5.41, 5.74) is 5.07. The third-order valence-corrected chi connectivity index (χ3v) is 14.8. The Bertz CT molecular complexity index is 3000. The van der Waals surface area contributed by atoms with E-state index < -0.39 is 24.2 Å². The Morgan fingerprint density at radius 2 is 1.39 bits per heavy atom. The van der Waals surface area contributed by atoms with Crippen molar-refractivity contribution in [3.8, 4) is 21.1 Å². The molecule has 9 heterocycles. The molecule has 4 atom stereocenters. The number of imidazole rings is 2. The number of aromatic amines is 2. The summed E-state index contributed by atoms with van der Waals surface area (Å²) in [5, 5.41) is 23.8. The van der Waals surface area contributed by atoms with Crippen LogP contribution in [0.1, 0.15) is 99.7 Å². The van der Waals surface area contributed by atoms with Crippen LogP contribution in [0.5, 0.6) is 0 Å². The molecule has 0 radical (unpaired) electrons. The van der Waals surface area contributed by atoms with Gasteiger partial charge in [-0.3, -0.25) is 28.6 Å². The number of aromatic nitrogens is 10. The summed E-state index contributed by atoms with van der Waals surface area (Å²) >= 11 is 3.25. The number of halogens is 3. The molecule has 8 aromatic heterocycles. The third-order valence-electron chi connectivity index (χ3n) is 12.7. The second-order valence-corrected chi connectivity index (χ2v) is 19.8. The number of aryl methyl sites for hydroxylation is 2. The molecular weight excluding hydrogens is 890 g/mol. The molecule has 0 spiro atoms. The summed E-state index contributed by atoms with van der Waals surface area (Å²) in [7, 11) is 0. The van der Waals surface area contributed by atoms with Crippen molar-refractivity contribution in [2.75, 3.05) is 23.3 Å². The van der Waals surface area contributed by atoms with Gasteiger partial charge >= 0.3 is 6.18 Å². The average Bonchev–Trinajstić information content (AvgIpc) is 4.15. The molecule has 5 N–H and O–H groups in total. The topological polar surface area (TPSA) is 191 Å².